The van der Waals surface area contributed by atoms with Crippen LogP contribution in [0.5, 0.6) is 0 Å². The largest absolute Gasteiger partial charge is 0.345 e. The third-order valence-electron chi connectivity index (χ3n) is 1.57. The van der Waals surface area contributed by atoms with E-state index >= 15 is 0 Å². The van der Waals surface area contributed by atoms with Gasteiger partial charge in [-0.05, 0) is 12.1 Å². The van der Waals surface area contributed by atoms with E-state index in [1.54, 1.807) is 12.4 Å². The summed E-state index contributed by atoms with van der Waals surface area (Å²) in [6.45, 7) is 4.00. The Balaban J connectivity index is 0.000000396. The molecule has 13 heavy (non-hydrogen) atoms. The summed E-state index contributed by atoms with van der Waals surface area (Å²) in [6, 6.07) is 5.77. The number of aromatic amines is 1. The molecule has 2 rings (SSSR count). The van der Waals surface area contributed by atoms with E-state index in [0.29, 0.717) is 5.56 Å². The SMILES string of the molecule is CC.N#Cc1c[nH]c2ncccc12. The minimum absolute atomic E-state index is 0.646. The standard InChI is InChI=1S/C8H5N3.C2H6/c9-4-6-5-11-8-7(6)2-1-3-10-8;1-2/h1-3,5H,(H,10,11);1-2H3. The van der Waals surface area contributed by atoms with Crippen LogP contribution in [0.3, 0.4) is 0 Å². The fourth-order valence-corrected chi connectivity index (χ4v) is 1.05. The molecule has 2 aromatic rings. The van der Waals surface area contributed by atoms with Crippen LogP contribution in [0.1, 0.15) is 19.4 Å². The normalized spacial score (nSPS) is 8.69. The van der Waals surface area contributed by atoms with Gasteiger partial charge in [0, 0.05) is 17.8 Å². The van der Waals surface area contributed by atoms with Gasteiger partial charge in [0.2, 0.25) is 0 Å². The van der Waals surface area contributed by atoms with Crippen LogP contribution in [0.4, 0.5) is 0 Å². The lowest BCUT2D eigenvalue weighted by atomic mass is 10.2. The third kappa shape index (κ3) is 1.67. The van der Waals surface area contributed by atoms with Gasteiger partial charge in [-0.1, -0.05) is 13.8 Å². The lowest BCUT2D eigenvalue weighted by molar-refractivity contribution is 1.32. The fourth-order valence-electron chi connectivity index (χ4n) is 1.05. The molecule has 0 saturated heterocycles. The molecule has 0 amide bonds. The number of nitrogens with one attached hydrogen (secondary N) is 1. The van der Waals surface area contributed by atoms with Gasteiger partial charge in [0.1, 0.15) is 11.7 Å². The first-order valence-electron chi connectivity index (χ1n) is 4.24. The van der Waals surface area contributed by atoms with Crippen molar-refractivity contribution < 1.29 is 0 Å². The van der Waals surface area contributed by atoms with Gasteiger partial charge in [-0.25, -0.2) is 4.98 Å². The Kier molecular flexibility index (Phi) is 3.04. The monoisotopic (exact) mass is 173 g/mol. The minimum atomic E-state index is 0.646. The molecule has 0 radical (unpaired) electrons. The zero-order valence-electron chi connectivity index (χ0n) is 7.70. The minimum Gasteiger partial charge on any atom is -0.345 e. The maximum absolute atomic E-state index is 8.63. The molecular formula is C10H11N3. The number of hydrogen-bond donors (Lipinski definition) is 1. The second kappa shape index (κ2) is 4.27. The van der Waals surface area contributed by atoms with E-state index in [1.807, 2.05) is 26.0 Å². The Hall–Kier alpha value is -1.82. The number of nitrogens with zero attached hydrogens (tertiary/aromatic N) is 2. The van der Waals surface area contributed by atoms with E-state index in [1.165, 1.54) is 0 Å². The average molecular weight is 173 g/mol. The number of rotatable bonds is 0. The number of nitriles is 1. The number of hydrogen-bond acceptors (Lipinski definition) is 2. The molecule has 0 aliphatic carbocycles. The van der Waals surface area contributed by atoms with Crippen molar-refractivity contribution in [3.63, 3.8) is 0 Å². The van der Waals surface area contributed by atoms with Crippen LogP contribution < -0.4 is 0 Å². The highest BCUT2D eigenvalue weighted by Crippen LogP contribution is 2.13. The first-order valence-corrected chi connectivity index (χ1v) is 4.24. The van der Waals surface area contributed by atoms with E-state index in [9.17, 15) is 0 Å². The molecule has 3 nitrogen and oxygen atoms in total. The quantitative estimate of drug-likeness (QED) is 0.665. The maximum atomic E-state index is 8.63. The van der Waals surface area contributed by atoms with Gasteiger partial charge in [0.15, 0.2) is 0 Å². The molecule has 2 aromatic heterocycles. The van der Waals surface area contributed by atoms with E-state index in [0.717, 1.165) is 11.0 Å². The van der Waals surface area contributed by atoms with E-state index in [-0.39, 0.29) is 0 Å². The average Bonchev–Trinajstić information content (AvgIpc) is 2.64. The van der Waals surface area contributed by atoms with Crippen LogP contribution in [0.2, 0.25) is 0 Å². The molecule has 0 spiro atoms. The van der Waals surface area contributed by atoms with Crippen LogP contribution in [0.25, 0.3) is 11.0 Å². The van der Waals surface area contributed by atoms with Crippen LogP contribution in [0.15, 0.2) is 24.5 Å². The van der Waals surface area contributed by atoms with Crippen LogP contribution >= 0.6 is 0 Å². The lowest BCUT2D eigenvalue weighted by Gasteiger charge is -1.84. The zero-order valence-corrected chi connectivity index (χ0v) is 7.70. The molecule has 2 heterocycles. The topological polar surface area (TPSA) is 52.5 Å². The molecule has 3 heteroatoms. The van der Waals surface area contributed by atoms with Crippen molar-refractivity contribution in [2.24, 2.45) is 0 Å². The smallest absolute Gasteiger partial charge is 0.138 e. The lowest BCUT2D eigenvalue weighted by Crippen LogP contribution is -1.72. The predicted molar refractivity (Wildman–Crippen MR) is 52.2 cm³/mol. The van der Waals surface area contributed by atoms with Crippen molar-refractivity contribution in [2.45, 2.75) is 13.8 Å². The van der Waals surface area contributed by atoms with Crippen LogP contribution in [-0.4, -0.2) is 9.97 Å². The zero-order chi connectivity index (χ0) is 9.68. The molecule has 0 bridgehead atoms. The Labute approximate surface area is 77.0 Å². The highest BCUT2D eigenvalue weighted by molar-refractivity contribution is 5.82. The number of pyridine rings is 1. The number of aromatic nitrogens is 2. The van der Waals surface area contributed by atoms with Crippen molar-refractivity contribution >= 4 is 11.0 Å². The Morgan fingerprint density at radius 1 is 1.46 bits per heavy atom. The van der Waals surface area contributed by atoms with Crippen LogP contribution in [-0.2, 0) is 0 Å². The Bertz CT molecular complexity index is 423. The molecule has 0 saturated carbocycles. The molecular weight excluding hydrogens is 162 g/mol. The molecule has 0 unspecified atom stereocenters. The number of H-pyrrole nitrogens is 1. The van der Waals surface area contributed by atoms with Gasteiger partial charge in [0.25, 0.3) is 0 Å². The first-order chi connectivity index (χ1) is 6.42. The summed E-state index contributed by atoms with van der Waals surface area (Å²) in [6.07, 6.45) is 3.36. The van der Waals surface area contributed by atoms with Crippen molar-refractivity contribution in [3.05, 3.63) is 30.1 Å². The summed E-state index contributed by atoms with van der Waals surface area (Å²) in [5.41, 5.74) is 1.41. The fraction of sp³-hybridized carbons (Fsp3) is 0.200. The third-order valence-corrected chi connectivity index (χ3v) is 1.57. The molecule has 66 valence electrons. The number of fused-ring (bicyclic) bond motifs is 1. The summed E-state index contributed by atoms with van der Waals surface area (Å²) in [7, 11) is 0. The summed E-state index contributed by atoms with van der Waals surface area (Å²) in [4.78, 5) is 6.95. The van der Waals surface area contributed by atoms with Gasteiger partial charge < -0.3 is 4.98 Å². The summed E-state index contributed by atoms with van der Waals surface area (Å²) < 4.78 is 0. The van der Waals surface area contributed by atoms with Crippen molar-refractivity contribution in [3.8, 4) is 6.07 Å². The summed E-state index contributed by atoms with van der Waals surface area (Å²) >= 11 is 0. The molecule has 1 N–H and O–H groups in total. The van der Waals surface area contributed by atoms with E-state index in [2.05, 4.69) is 16.0 Å². The Morgan fingerprint density at radius 2 is 2.23 bits per heavy atom. The molecule has 0 aliphatic heterocycles. The van der Waals surface area contributed by atoms with E-state index in [4.69, 9.17) is 5.26 Å². The van der Waals surface area contributed by atoms with Gasteiger partial charge in [-0.2, -0.15) is 5.26 Å². The van der Waals surface area contributed by atoms with Crippen molar-refractivity contribution in [2.75, 3.05) is 0 Å². The highest BCUT2D eigenvalue weighted by Gasteiger charge is 2.00. The van der Waals surface area contributed by atoms with Gasteiger partial charge >= 0.3 is 0 Å². The first kappa shape index (κ1) is 9.27. The highest BCUT2D eigenvalue weighted by atomic mass is 14.8. The second-order valence-corrected chi connectivity index (χ2v) is 2.21. The second-order valence-electron chi connectivity index (χ2n) is 2.21. The molecule has 0 aromatic carbocycles. The molecule has 0 fully saturated rings. The summed E-state index contributed by atoms with van der Waals surface area (Å²) in [5, 5.41) is 9.51. The van der Waals surface area contributed by atoms with Gasteiger partial charge in [-0.3, -0.25) is 0 Å². The van der Waals surface area contributed by atoms with Gasteiger partial charge in [-0.15, -0.1) is 0 Å². The molecule has 0 aliphatic rings. The molecule has 0 atom stereocenters. The van der Waals surface area contributed by atoms with E-state index < -0.39 is 0 Å². The summed E-state index contributed by atoms with van der Waals surface area (Å²) in [5.74, 6) is 0. The van der Waals surface area contributed by atoms with Crippen molar-refractivity contribution in [1.29, 1.82) is 5.26 Å². The van der Waals surface area contributed by atoms with Crippen molar-refractivity contribution in [1.82, 2.24) is 9.97 Å². The maximum Gasteiger partial charge on any atom is 0.138 e. The van der Waals surface area contributed by atoms with Crippen LogP contribution in [0, 0.1) is 11.3 Å². The Morgan fingerprint density at radius 3 is 2.92 bits per heavy atom. The van der Waals surface area contributed by atoms with Gasteiger partial charge in [0.05, 0.1) is 5.56 Å². The predicted octanol–water partition coefficient (Wildman–Crippen LogP) is 2.46.